The standard InChI is InChI=1S/C3H9NO3S.Na.H/c1-3(4)2-8(5,6)7;;/h3H,2,4H2,1H3,(H,5,6,7);;/q;+1;-1. The monoisotopic (exact) mass is 163 g/mol. The Balaban J connectivity index is -0.000000245. The summed E-state index contributed by atoms with van der Waals surface area (Å²) in [6.45, 7) is 1.51. The van der Waals surface area contributed by atoms with Crippen molar-refractivity contribution in [1.82, 2.24) is 0 Å². The molecule has 0 heterocycles. The van der Waals surface area contributed by atoms with Gasteiger partial charge in [-0.2, -0.15) is 8.42 Å². The molecule has 9 heavy (non-hydrogen) atoms. The van der Waals surface area contributed by atoms with E-state index in [0.717, 1.165) is 0 Å². The van der Waals surface area contributed by atoms with E-state index < -0.39 is 16.2 Å². The first kappa shape index (κ1) is 12.5. The van der Waals surface area contributed by atoms with Crippen molar-refractivity contribution in [3.8, 4) is 0 Å². The minimum atomic E-state index is -3.85. The third-order valence-corrected chi connectivity index (χ3v) is 1.42. The zero-order chi connectivity index (χ0) is 6.78. The van der Waals surface area contributed by atoms with Crippen LogP contribution in [0.2, 0.25) is 0 Å². The fourth-order valence-corrected chi connectivity index (χ4v) is 0.997. The maximum Gasteiger partial charge on any atom is 1.00 e. The van der Waals surface area contributed by atoms with Gasteiger partial charge in [0.1, 0.15) is 0 Å². The first-order chi connectivity index (χ1) is 3.42. The molecule has 0 aliphatic heterocycles. The van der Waals surface area contributed by atoms with E-state index in [9.17, 15) is 8.42 Å². The Morgan fingerprint density at radius 2 is 2.11 bits per heavy atom. The minimum Gasteiger partial charge on any atom is -1.00 e. The molecular formula is C3H10NNaO3S. The molecule has 3 N–H and O–H groups in total. The molecule has 0 bridgehead atoms. The van der Waals surface area contributed by atoms with Crippen LogP contribution in [0, 0.1) is 0 Å². The summed E-state index contributed by atoms with van der Waals surface area (Å²) in [7, 11) is -3.85. The van der Waals surface area contributed by atoms with Crippen LogP contribution in [0.4, 0.5) is 0 Å². The van der Waals surface area contributed by atoms with Gasteiger partial charge >= 0.3 is 29.6 Å². The van der Waals surface area contributed by atoms with Crippen LogP contribution >= 0.6 is 0 Å². The second kappa shape index (κ2) is 4.65. The Morgan fingerprint density at radius 3 is 2.11 bits per heavy atom. The molecule has 0 radical (unpaired) electrons. The van der Waals surface area contributed by atoms with Crippen molar-refractivity contribution >= 4 is 10.1 Å². The molecule has 52 valence electrons. The van der Waals surface area contributed by atoms with E-state index in [1.807, 2.05) is 0 Å². The third-order valence-electron chi connectivity index (χ3n) is 0.474. The molecular weight excluding hydrogens is 153 g/mol. The van der Waals surface area contributed by atoms with Gasteiger partial charge in [0.2, 0.25) is 0 Å². The van der Waals surface area contributed by atoms with Gasteiger partial charge in [-0.1, -0.05) is 0 Å². The van der Waals surface area contributed by atoms with E-state index in [1.165, 1.54) is 6.92 Å². The van der Waals surface area contributed by atoms with E-state index in [4.69, 9.17) is 10.3 Å². The van der Waals surface area contributed by atoms with Crippen molar-refractivity contribution in [3.05, 3.63) is 0 Å². The zero-order valence-electron chi connectivity index (χ0n) is 6.53. The summed E-state index contributed by atoms with van der Waals surface area (Å²) in [6, 6.07) is -0.495. The molecule has 4 nitrogen and oxygen atoms in total. The van der Waals surface area contributed by atoms with E-state index in [0.29, 0.717) is 0 Å². The Kier molecular flexibility index (Phi) is 6.48. The van der Waals surface area contributed by atoms with E-state index in [-0.39, 0.29) is 36.7 Å². The van der Waals surface area contributed by atoms with Crippen molar-refractivity contribution in [3.63, 3.8) is 0 Å². The van der Waals surface area contributed by atoms with Gasteiger partial charge in [-0.3, -0.25) is 4.55 Å². The molecule has 6 heteroatoms. The first-order valence-corrected chi connectivity index (χ1v) is 3.73. The van der Waals surface area contributed by atoms with Crippen molar-refractivity contribution in [2.75, 3.05) is 5.75 Å². The van der Waals surface area contributed by atoms with Gasteiger partial charge in [0, 0.05) is 6.04 Å². The molecule has 0 amide bonds. The van der Waals surface area contributed by atoms with Crippen molar-refractivity contribution in [2.24, 2.45) is 5.73 Å². The maximum atomic E-state index is 9.92. The summed E-state index contributed by atoms with van der Waals surface area (Å²) in [4.78, 5) is 0. The van der Waals surface area contributed by atoms with Crippen molar-refractivity contribution in [2.45, 2.75) is 13.0 Å². The van der Waals surface area contributed by atoms with Gasteiger partial charge in [-0.05, 0) is 6.92 Å². The Morgan fingerprint density at radius 1 is 1.78 bits per heavy atom. The number of rotatable bonds is 2. The molecule has 0 saturated carbocycles. The fourth-order valence-electron chi connectivity index (χ4n) is 0.332. The number of nitrogens with two attached hydrogens (primary N) is 1. The van der Waals surface area contributed by atoms with E-state index in [1.54, 1.807) is 0 Å². The van der Waals surface area contributed by atoms with Crippen LogP contribution in [0.5, 0.6) is 0 Å². The second-order valence-corrected chi connectivity index (χ2v) is 3.22. The molecule has 1 unspecified atom stereocenters. The van der Waals surface area contributed by atoms with Gasteiger partial charge in [0.25, 0.3) is 10.1 Å². The SMILES string of the molecule is CC(N)CS(=O)(=O)O.[H-].[Na+]. The Hall–Kier alpha value is 0.870. The van der Waals surface area contributed by atoms with Gasteiger partial charge in [-0.25, -0.2) is 0 Å². The van der Waals surface area contributed by atoms with Crippen molar-refractivity contribution < 1.29 is 44.0 Å². The summed E-state index contributed by atoms with van der Waals surface area (Å²) >= 11 is 0. The van der Waals surface area contributed by atoms with Crippen LogP contribution in [0.15, 0.2) is 0 Å². The summed E-state index contributed by atoms with van der Waals surface area (Å²) in [5.74, 6) is -0.368. The topological polar surface area (TPSA) is 80.4 Å². The predicted molar refractivity (Wildman–Crippen MR) is 31.2 cm³/mol. The zero-order valence-corrected chi connectivity index (χ0v) is 8.35. The summed E-state index contributed by atoms with van der Waals surface area (Å²) in [5, 5.41) is 0. The quantitative estimate of drug-likeness (QED) is 0.325. The van der Waals surface area contributed by atoms with Crippen molar-refractivity contribution in [1.29, 1.82) is 0 Å². The van der Waals surface area contributed by atoms with Crippen LogP contribution in [0.3, 0.4) is 0 Å². The molecule has 0 rings (SSSR count). The summed E-state index contributed by atoms with van der Waals surface area (Å²) in [6.07, 6.45) is 0. The summed E-state index contributed by atoms with van der Waals surface area (Å²) in [5.41, 5.74) is 5.04. The third kappa shape index (κ3) is 12.1. The Bertz CT molecular complexity index is 157. The first-order valence-electron chi connectivity index (χ1n) is 2.12. The number of hydrogen-bond acceptors (Lipinski definition) is 3. The average molecular weight is 163 g/mol. The van der Waals surface area contributed by atoms with Gasteiger partial charge in [0.05, 0.1) is 5.75 Å². The van der Waals surface area contributed by atoms with E-state index in [2.05, 4.69) is 0 Å². The molecule has 0 fully saturated rings. The van der Waals surface area contributed by atoms with Crippen LogP contribution in [0.1, 0.15) is 8.35 Å². The van der Waals surface area contributed by atoms with Gasteiger partial charge in [-0.15, -0.1) is 0 Å². The molecule has 0 aromatic heterocycles. The average Bonchev–Trinajstić information content (AvgIpc) is 1.21. The summed E-state index contributed by atoms with van der Waals surface area (Å²) < 4.78 is 27.9. The molecule has 0 spiro atoms. The molecule has 0 saturated heterocycles. The largest absolute Gasteiger partial charge is 1.00 e. The number of hydrogen-bond donors (Lipinski definition) is 2. The normalized spacial score (nSPS) is 14.1. The smallest absolute Gasteiger partial charge is 1.00 e. The second-order valence-electron chi connectivity index (χ2n) is 1.73. The van der Waals surface area contributed by atoms with Gasteiger partial charge in [0.15, 0.2) is 0 Å². The fraction of sp³-hybridized carbons (Fsp3) is 1.00. The van der Waals surface area contributed by atoms with Gasteiger partial charge < -0.3 is 7.16 Å². The molecule has 1 atom stereocenters. The van der Waals surface area contributed by atoms with Crippen LogP contribution in [0.25, 0.3) is 0 Å². The van der Waals surface area contributed by atoms with Crippen LogP contribution < -0.4 is 35.3 Å². The Labute approximate surface area is 78.3 Å². The molecule has 0 aromatic rings. The van der Waals surface area contributed by atoms with E-state index >= 15 is 0 Å². The van der Waals surface area contributed by atoms with Crippen LogP contribution in [-0.4, -0.2) is 24.8 Å². The molecule has 0 aromatic carbocycles. The maximum absolute atomic E-state index is 9.92. The predicted octanol–water partition coefficient (Wildman–Crippen LogP) is -3.66. The molecule has 0 aliphatic rings. The van der Waals surface area contributed by atoms with Crippen LogP contribution in [-0.2, 0) is 10.1 Å². The molecule has 0 aliphatic carbocycles. The minimum absolute atomic E-state index is 0.